The number of rotatable bonds is 7. The molecule has 0 radical (unpaired) electrons. The number of fused-ring (bicyclic) bond motifs is 7. The molecule has 5 aliphatic heterocycles. The molecule has 0 aliphatic carbocycles. The van der Waals surface area contributed by atoms with Crippen LogP contribution < -0.4 is 24.3 Å². The molecular weight excluding hydrogens is 731 g/mol. The lowest BCUT2D eigenvalue weighted by molar-refractivity contribution is -0.667. The van der Waals surface area contributed by atoms with Gasteiger partial charge in [-0.25, -0.2) is 9.37 Å². The minimum absolute atomic E-state index is 0.0544. The molecule has 5 aliphatic rings. The van der Waals surface area contributed by atoms with Gasteiger partial charge in [-0.1, -0.05) is 18.2 Å². The van der Waals surface area contributed by atoms with Gasteiger partial charge < -0.3 is 19.7 Å². The number of hydrogen-bond donors (Lipinski definition) is 1. The Bertz CT molecular complexity index is 2400. The molecule has 2 aromatic carbocycles. The van der Waals surface area contributed by atoms with E-state index in [1.165, 1.54) is 12.1 Å². The Morgan fingerprint density at radius 2 is 1.86 bits per heavy atom. The Hall–Kier alpha value is -4.76. The molecule has 10 rings (SSSR count). The molecule has 10 nitrogen and oxygen atoms in total. The van der Waals surface area contributed by atoms with Crippen molar-refractivity contribution in [3.05, 3.63) is 71.3 Å². The molecule has 0 unspecified atom stereocenters. The van der Waals surface area contributed by atoms with E-state index in [1.54, 1.807) is 13.0 Å². The summed E-state index contributed by atoms with van der Waals surface area (Å²) in [6, 6.07) is 11.0. The molecule has 0 saturated carbocycles. The summed E-state index contributed by atoms with van der Waals surface area (Å²) in [5.74, 6) is -1.53. The maximum absolute atomic E-state index is 17.5. The second-order valence-corrected chi connectivity index (χ2v) is 16.1. The fourth-order valence-electron chi connectivity index (χ4n) is 10.5. The van der Waals surface area contributed by atoms with Crippen LogP contribution in [0, 0.1) is 18.6 Å². The van der Waals surface area contributed by atoms with Crippen molar-refractivity contribution in [3.63, 3.8) is 0 Å². The maximum atomic E-state index is 17.5. The zero-order valence-electron chi connectivity index (χ0n) is 31.2. The standard InChI is InChI=1S/C41H42F5N8O2/c1-22-27(42)9-7-23-5-3-6-26(32(22)23)36-34(43)35-33-30(52(36)2)12-11-29-28-10-8-24(48-28)19-53(29)37(33)51-39(50-35)56-21-40-15-4-18-54(40)25(13-16-40)20-55-31-14-17-47-38(49-31)41(44,45)46/h3,5-7,9,14,17,24-25,28-29,48H,4,8,10-13,15-16,18-21H2,1-2H3/q+1/t24-,25+,28+,29-,40+/m1/s1. The lowest BCUT2D eigenvalue weighted by Crippen LogP contribution is -2.58. The van der Waals surface area contributed by atoms with E-state index < -0.39 is 17.8 Å². The van der Waals surface area contributed by atoms with Crippen LogP contribution in [0.4, 0.5) is 27.8 Å². The highest BCUT2D eigenvalue weighted by molar-refractivity contribution is 6.00. The molecule has 2 bridgehead atoms. The fourth-order valence-corrected chi connectivity index (χ4v) is 10.5. The second kappa shape index (κ2) is 13.2. The number of aryl methyl sites for hydroxylation is 2. The van der Waals surface area contributed by atoms with Gasteiger partial charge in [0.25, 0.3) is 5.69 Å². The maximum Gasteiger partial charge on any atom is 0.451 e. The first-order valence-electron chi connectivity index (χ1n) is 19.5. The van der Waals surface area contributed by atoms with Crippen LogP contribution in [0.1, 0.15) is 62.0 Å². The average Bonchev–Trinajstić information content (AvgIpc) is 3.85. The minimum Gasteiger partial charge on any atom is -0.476 e. The van der Waals surface area contributed by atoms with Gasteiger partial charge in [-0.2, -0.15) is 37.1 Å². The smallest absolute Gasteiger partial charge is 0.451 e. The van der Waals surface area contributed by atoms with E-state index in [9.17, 15) is 13.2 Å². The highest BCUT2D eigenvalue weighted by Gasteiger charge is 2.51. The van der Waals surface area contributed by atoms with Gasteiger partial charge in [0.1, 0.15) is 37.0 Å². The molecule has 8 heterocycles. The van der Waals surface area contributed by atoms with Crippen LogP contribution in [-0.4, -0.2) is 80.8 Å². The van der Waals surface area contributed by atoms with Crippen molar-refractivity contribution in [2.45, 2.75) is 94.2 Å². The lowest BCUT2D eigenvalue weighted by atomic mass is 9.95. The fraction of sp³-hybridized carbons (Fsp3) is 0.488. The van der Waals surface area contributed by atoms with E-state index in [-0.39, 0.29) is 54.1 Å². The van der Waals surface area contributed by atoms with Gasteiger partial charge in [-0.05, 0) is 81.5 Å². The van der Waals surface area contributed by atoms with Crippen molar-refractivity contribution in [2.75, 3.05) is 31.2 Å². The monoisotopic (exact) mass is 773 g/mol. The number of aromatic nitrogens is 5. The van der Waals surface area contributed by atoms with Crippen molar-refractivity contribution < 1.29 is 36.0 Å². The van der Waals surface area contributed by atoms with E-state index >= 15 is 8.78 Å². The molecule has 15 heteroatoms. The van der Waals surface area contributed by atoms with Crippen molar-refractivity contribution in [3.8, 4) is 23.1 Å². The predicted molar refractivity (Wildman–Crippen MR) is 197 cm³/mol. The minimum atomic E-state index is -4.67. The number of piperazine rings is 1. The molecular formula is C41H42F5N8O2+. The average molecular weight is 774 g/mol. The van der Waals surface area contributed by atoms with Crippen LogP contribution in [-0.2, 0) is 19.6 Å². The van der Waals surface area contributed by atoms with Crippen LogP contribution in [0.2, 0.25) is 0 Å². The van der Waals surface area contributed by atoms with E-state index in [4.69, 9.17) is 19.4 Å². The number of nitrogens with zero attached hydrogens (tertiary/aromatic N) is 7. The van der Waals surface area contributed by atoms with E-state index in [2.05, 4.69) is 25.1 Å². The largest absolute Gasteiger partial charge is 0.476 e. The molecule has 4 saturated heterocycles. The molecule has 3 aromatic heterocycles. The Balaban J connectivity index is 1.02. The number of anilines is 1. The molecule has 4 fully saturated rings. The summed E-state index contributed by atoms with van der Waals surface area (Å²) < 4.78 is 86.6. The Kier molecular flexibility index (Phi) is 8.37. The summed E-state index contributed by atoms with van der Waals surface area (Å²) in [6.45, 7) is 3.70. The van der Waals surface area contributed by atoms with Gasteiger partial charge in [0.2, 0.25) is 17.5 Å². The number of ether oxygens (including phenoxy) is 2. The van der Waals surface area contributed by atoms with Gasteiger partial charge in [-0.15, -0.1) is 0 Å². The van der Waals surface area contributed by atoms with Crippen molar-refractivity contribution in [1.29, 1.82) is 0 Å². The summed E-state index contributed by atoms with van der Waals surface area (Å²) >= 11 is 0. The van der Waals surface area contributed by atoms with Crippen molar-refractivity contribution >= 4 is 27.5 Å². The summed E-state index contributed by atoms with van der Waals surface area (Å²) in [7, 11) is 1.89. The van der Waals surface area contributed by atoms with Crippen LogP contribution in [0.25, 0.3) is 32.9 Å². The van der Waals surface area contributed by atoms with E-state index in [0.29, 0.717) is 51.9 Å². The second-order valence-electron chi connectivity index (χ2n) is 16.1. The third kappa shape index (κ3) is 5.66. The number of benzene rings is 2. The summed E-state index contributed by atoms with van der Waals surface area (Å²) in [4.78, 5) is 21.6. The molecule has 0 amide bonds. The number of halogens is 5. The Morgan fingerprint density at radius 1 is 0.982 bits per heavy atom. The van der Waals surface area contributed by atoms with E-state index in [1.807, 2.05) is 29.8 Å². The van der Waals surface area contributed by atoms with Gasteiger partial charge in [0.15, 0.2) is 11.5 Å². The predicted octanol–water partition coefficient (Wildman–Crippen LogP) is 6.38. The molecule has 56 heavy (non-hydrogen) atoms. The van der Waals surface area contributed by atoms with Gasteiger partial charge in [0.05, 0.1) is 11.1 Å². The third-order valence-electron chi connectivity index (χ3n) is 13.1. The van der Waals surface area contributed by atoms with Gasteiger partial charge in [-0.3, -0.25) is 4.90 Å². The number of hydrogen-bond acceptors (Lipinski definition) is 9. The normalized spacial score (nSPS) is 25.8. The first-order chi connectivity index (χ1) is 27.0. The van der Waals surface area contributed by atoms with Crippen LogP contribution in [0.15, 0.2) is 42.6 Å². The zero-order chi connectivity index (χ0) is 38.5. The molecule has 0 spiro atoms. The quantitative estimate of drug-likeness (QED) is 0.150. The van der Waals surface area contributed by atoms with Crippen molar-refractivity contribution in [1.82, 2.24) is 30.2 Å². The Labute approximate surface area is 320 Å². The van der Waals surface area contributed by atoms with Crippen LogP contribution in [0.5, 0.6) is 11.9 Å². The number of pyridine rings is 1. The van der Waals surface area contributed by atoms with Gasteiger partial charge in [0, 0.05) is 54.8 Å². The highest BCUT2D eigenvalue weighted by Crippen LogP contribution is 2.45. The van der Waals surface area contributed by atoms with E-state index in [0.717, 1.165) is 75.3 Å². The molecule has 5 atom stereocenters. The summed E-state index contributed by atoms with van der Waals surface area (Å²) in [5, 5.41) is 5.97. The SMILES string of the molecule is Cc1c(F)ccc2cccc(-c3c(F)c4nc(OC[C@@]56CCCN5[C@H](COc5ccnc(C(F)(F)F)n5)CC6)nc5c4c([n+]3C)CC[C@@H]3[C@@H]4CC[C@H](CN53)N4)c12. The van der Waals surface area contributed by atoms with Gasteiger partial charge >= 0.3 is 12.2 Å². The zero-order valence-corrected chi connectivity index (χ0v) is 31.2. The molecule has 1 N–H and O–H groups in total. The summed E-state index contributed by atoms with van der Waals surface area (Å²) in [6.07, 6.45) is 3.39. The first kappa shape index (κ1) is 35.6. The summed E-state index contributed by atoms with van der Waals surface area (Å²) in [5.41, 5.74) is 2.15. The first-order valence-corrected chi connectivity index (χ1v) is 19.5. The van der Waals surface area contributed by atoms with Crippen LogP contribution >= 0.6 is 0 Å². The highest BCUT2D eigenvalue weighted by atomic mass is 19.4. The third-order valence-corrected chi connectivity index (χ3v) is 13.1. The molecule has 5 aromatic rings. The number of alkyl halides is 3. The topological polar surface area (TPSA) is 92.4 Å². The Morgan fingerprint density at radius 3 is 2.71 bits per heavy atom. The number of nitrogens with one attached hydrogen (secondary N) is 1. The lowest BCUT2D eigenvalue weighted by Gasteiger charge is -2.41. The van der Waals surface area contributed by atoms with Crippen molar-refractivity contribution in [2.24, 2.45) is 7.05 Å². The van der Waals surface area contributed by atoms with Crippen LogP contribution in [0.3, 0.4) is 0 Å². The molecule has 292 valence electrons.